The summed E-state index contributed by atoms with van der Waals surface area (Å²) in [4.78, 5) is 10.9. The molecule has 3 rings (SSSR count). The van der Waals surface area contributed by atoms with Gasteiger partial charge in [-0.05, 0) is 19.3 Å². The molecule has 8 heteroatoms. The van der Waals surface area contributed by atoms with Crippen molar-refractivity contribution in [3.8, 4) is 0 Å². The van der Waals surface area contributed by atoms with Crippen molar-refractivity contribution in [2.45, 2.75) is 74.5 Å². The Bertz CT molecular complexity index is 547. The Morgan fingerprint density at radius 1 is 1.19 bits per heavy atom. The van der Waals surface area contributed by atoms with E-state index in [0.29, 0.717) is 19.3 Å². The van der Waals surface area contributed by atoms with Crippen LogP contribution in [-0.4, -0.2) is 81.8 Å². The van der Waals surface area contributed by atoms with Crippen LogP contribution < -0.4 is 0 Å². The fraction of sp³-hybridized carbons (Fsp3) is 0.722. The van der Waals surface area contributed by atoms with Gasteiger partial charge in [-0.15, -0.1) is 0 Å². The lowest BCUT2D eigenvalue weighted by Crippen LogP contribution is -2.61. The zero-order valence-electron chi connectivity index (χ0n) is 14.4. The monoisotopic (exact) mass is 370 g/mol. The minimum Gasteiger partial charge on any atom is -0.481 e. The summed E-state index contributed by atoms with van der Waals surface area (Å²) in [7, 11) is 0. The van der Waals surface area contributed by atoms with Crippen molar-refractivity contribution in [2.24, 2.45) is 0 Å². The van der Waals surface area contributed by atoms with Crippen LogP contribution in [0.5, 0.6) is 0 Å². The fourth-order valence-electron chi connectivity index (χ4n) is 3.73. The standard InChI is InChI=1S/C18H26O8/c19-9-10(20)4-5-11-2-1-3-13-17(24-11)16(23)18-14(26-13)7-6-12(25-18)8-15(21)22/h1-2,4-5,10-14,16-20,23H,3,6-9H2,(H,21,22)/b5-4+/t10-,11-,12+,13+,14-,16-,17+,18-/m1/s1. The number of aliphatic carboxylic acids is 1. The number of aliphatic hydroxyl groups is 3. The third kappa shape index (κ3) is 4.51. The molecule has 2 fully saturated rings. The quantitative estimate of drug-likeness (QED) is 0.489. The first-order valence-corrected chi connectivity index (χ1v) is 8.98. The lowest BCUT2D eigenvalue weighted by molar-refractivity contribution is -0.272. The molecule has 0 aromatic carbocycles. The zero-order chi connectivity index (χ0) is 18.7. The average Bonchev–Trinajstić information content (AvgIpc) is 2.82. The lowest BCUT2D eigenvalue weighted by atomic mass is 9.88. The number of rotatable bonds is 5. The molecular weight excluding hydrogens is 344 g/mol. The fourth-order valence-corrected chi connectivity index (χ4v) is 3.73. The van der Waals surface area contributed by atoms with Crippen LogP contribution >= 0.6 is 0 Å². The van der Waals surface area contributed by atoms with Gasteiger partial charge in [-0.3, -0.25) is 4.79 Å². The topological polar surface area (TPSA) is 126 Å². The largest absolute Gasteiger partial charge is 0.481 e. The smallest absolute Gasteiger partial charge is 0.305 e. The van der Waals surface area contributed by atoms with E-state index < -0.39 is 42.6 Å². The molecule has 0 radical (unpaired) electrons. The van der Waals surface area contributed by atoms with E-state index >= 15 is 0 Å². The first-order valence-electron chi connectivity index (χ1n) is 8.98. The van der Waals surface area contributed by atoms with Gasteiger partial charge in [0.05, 0.1) is 43.5 Å². The molecule has 8 nitrogen and oxygen atoms in total. The second-order valence-corrected chi connectivity index (χ2v) is 6.97. The molecule has 0 aromatic heterocycles. The van der Waals surface area contributed by atoms with Crippen molar-refractivity contribution in [1.29, 1.82) is 0 Å². The Labute approximate surface area is 151 Å². The zero-order valence-corrected chi connectivity index (χ0v) is 14.4. The maximum Gasteiger partial charge on any atom is 0.305 e. The van der Waals surface area contributed by atoms with Crippen LogP contribution in [0.4, 0.5) is 0 Å². The van der Waals surface area contributed by atoms with Crippen molar-refractivity contribution >= 4 is 5.97 Å². The predicted octanol–water partition coefficient (Wildman–Crippen LogP) is -0.240. The molecule has 8 atom stereocenters. The van der Waals surface area contributed by atoms with E-state index in [1.807, 2.05) is 12.2 Å². The minimum absolute atomic E-state index is 0.100. The van der Waals surface area contributed by atoms with Crippen LogP contribution in [0.25, 0.3) is 0 Å². The van der Waals surface area contributed by atoms with Crippen LogP contribution in [-0.2, 0) is 19.0 Å². The van der Waals surface area contributed by atoms with Crippen LogP contribution in [0.15, 0.2) is 24.3 Å². The number of ether oxygens (including phenoxy) is 3. The van der Waals surface area contributed by atoms with Gasteiger partial charge in [0.25, 0.3) is 0 Å². The Morgan fingerprint density at radius 3 is 2.69 bits per heavy atom. The summed E-state index contributed by atoms with van der Waals surface area (Å²) >= 11 is 0. The number of aliphatic hydroxyl groups excluding tert-OH is 3. The van der Waals surface area contributed by atoms with Crippen LogP contribution in [0, 0.1) is 0 Å². The molecule has 3 heterocycles. The summed E-state index contributed by atoms with van der Waals surface area (Å²) < 4.78 is 17.8. The molecule has 0 unspecified atom stereocenters. The highest BCUT2D eigenvalue weighted by Gasteiger charge is 2.49. The van der Waals surface area contributed by atoms with Gasteiger partial charge in [-0.25, -0.2) is 0 Å². The SMILES string of the molecule is O=C(O)C[C@@H]1CC[C@H]2O[C@H]3CC=C[C@H](/C=C/[C@@H](O)CO)O[C@@H]3[C@@H](O)[C@@H]2O1. The summed E-state index contributed by atoms with van der Waals surface area (Å²) in [5.74, 6) is -0.930. The van der Waals surface area contributed by atoms with Crippen molar-refractivity contribution in [3.63, 3.8) is 0 Å². The average molecular weight is 370 g/mol. The van der Waals surface area contributed by atoms with Gasteiger partial charge in [0, 0.05) is 0 Å². The first-order chi connectivity index (χ1) is 12.5. The van der Waals surface area contributed by atoms with E-state index in [1.165, 1.54) is 6.08 Å². The minimum atomic E-state index is -0.971. The second kappa shape index (κ2) is 8.60. The molecule has 0 bridgehead atoms. The summed E-state index contributed by atoms with van der Waals surface area (Å²) in [6.45, 7) is -0.382. The molecule has 146 valence electrons. The van der Waals surface area contributed by atoms with Gasteiger partial charge in [-0.1, -0.05) is 24.3 Å². The summed E-state index contributed by atoms with van der Waals surface area (Å²) in [5.41, 5.74) is 0. The van der Waals surface area contributed by atoms with Gasteiger partial charge in [-0.2, -0.15) is 0 Å². The van der Waals surface area contributed by atoms with Crippen LogP contribution in [0.1, 0.15) is 25.7 Å². The number of hydrogen-bond donors (Lipinski definition) is 4. The highest BCUT2D eigenvalue weighted by molar-refractivity contribution is 5.67. The summed E-state index contributed by atoms with van der Waals surface area (Å²) in [5, 5.41) is 38.1. The third-order valence-corrected chi connectivity index (χ3v) is 5.00. The van der Waals surface area contributed by atoms with E-state index in [-0.39, 0.29) is 25.2 Å². The van der Waals surface area contributed by atoms with E-state index in [2.05, 4.69) is 0 Å². The maximum atomic E-state index is 10.9. The van der Waals surface area contributed by atoms with Gasteiger partial charge in [0.1, 0.15) is 18.3 Å². The predicted molar refractivity (Wildman–Crippen MR) is 89.5 cm³/mol. The van der Waals surface area contributed by atoms with E-state index in [1.54, 1.807) is 6.08 Å². The molecule has 0 amide bonds. The molecule has 0 aliphatic carbocycles. The maximum absolute atomic E-state index is 10.9. The van der Waals surface area contributed by atoms with Crippen molar-refractivity contribution in [1.82, 2.24) is 0 Å². The van der Waals surface area contributed by atoms with E-state index in [9.17, 15) is 15.0 Å². The Balaban J connectivity index is 1.68. The van der Waals surface area contributed by atoms with Gasteiger partial charge < -0.3 is 34.6 Å². The molecule has 3 aliphatic heterocycles. The van der Waals surface area contributed by atoms with Crippen LogP contribution in [0.3, 0.4) is 0 Å². The molecule has 4 N–H and O–H groups in total. The molecule has 0 aromatic rings. The normalized spacial score (nSPS) is 41.3. The van der Waals surface area contributed by atoms with E-state index in [0.717, 1.165) is 0 Å². The molecular formula is C18H26O8. The summed E-state index contributed by atoms with van der Waals surface area (Å²) in [6, 6.07) is 0. The van der Waals surface area contributed by atoms with Crippen LogP contribution in [0.2, 0.25) is 0 Å². The van der Waals surface area contributed by atoms with E-state index in [4.69, 9.17) is 24.4 Å². The third-order valence-electron chi connectivity index (χ3n) is 5.00. The number of fused-ring (bicyclic) bond motifs is 2. The Morgan fingerprint density at radius 2 is 1.96 bits per heavy atom. The molecule has 26 heavy (non-hydrogen) atoms. The molecule has 3 aliphatic rings. The van der Waals surface area contributed by atoms with Crippen molar-refractivity contribution < 1.29 is 39.4 Å². The number of carboxylic acids is 1. The molecule has 0 spiro atoms. The number of hydrogen-bond acceptors (Lipinski definition) is 7. The second-order valence-electron chi connectivity index (χ2n) is 6.97. The van der Waals surface area contributed by atoms with Gasteiger partial charge in [0.15, 0.2) is 0 Å². The lowest BCUT2D eigenvalue weighted by Gasteiger charge is -2.48. The Kier molecular flexibility index (Phi) is 6.44. The van der Waals surface area contributed by atoms with Crippen molar-refractivity contribution in [2.75, 3.05) is 6.61 Å². The summed E-state index contributed by atoms with van der Waals surface area (Å²) in [6.07, 6.45) is 3.81. The molecule has 2 saturated heterocycles. The molecule has 0 saturated carbocycles. The highest BCUT2D eigenvalue weighted by Crippen LogP contribution is 2.36. The van der Waals surface area contributed by atoms with Crippen molar-refractivity contribution in [3.05, 3.63) is 24.3 Å². The highest BCUT2D eigenvalue weighted by atomic mass is 16.6. The number of carbonyl (C=O) groups is 1. The van der Waals surface area contributed by atoms with Gasteiger partial charge >= 0.3 is 5.97 Å². The van der Waals surface area contributed by atoms with Gasteiger partial charge in [0.2, 0.25) is 0 Å². The first kappa shape index (κ1) is 19.5. The number of carboxylic acid groups (broad SMARTS) is 1. The Hall–Kier alpha value is -1.29.